The maximum Gasteiger partial charge on any atom is 0.328 e. The zero-order valence-corrected chi connectivity index (χ0v) is 12.6. The third-order valence-corrected chi connectivity index (χ3v) is 2.21. The number of carboxylic acids is 1. The van der Waals surface area contributed by atoms with Gasteiger partial charge >= 0.3 is 23.9 Å². The molecule has 0 aliphatic rings. The van der Waals surface area contributed by atoms with E-state index in [1.54, 1.807) is 0 Å². The Bertz CT molecular complexity index is 650. The Morgan fingerprint density at radius 2 is 1.30 bits per heavy atom. The molecule has 122 valence electrons. The third-order valence-electron chi connectivity index (χ3n) is 2.21. The van der Waals surface area contributed by atoms with Crippen LogP contribution in [0.4, 0.5) is 0 Å². The molecule has 8 nitrogen and oxygen atoms in total. The van der Waals surface area contributed by atoms with Crippen LogP contribution in [0.25, 0.3) is 6.08 Å². The summed E-state index contributed by atoms with van der Waals surface area (Å²) in [6, 6.07) is 2.54. The van der Waals surface area contributed by atoms with Crippen LogP contribution in [0.3, 0.4) is 0 Å². The lowest BCUT2D eigenvalue weighted by molar-refractivity contribution is -0.135. The fraction of sp³-hybridized carbons (Fsp3) is 0.200. The first kappa shape index (κ1) is 17.9. The molecular formula is C15H14O8. The van der Waals surface area contributed by atoms with Crippen molar-refractivity contribution in [3.05, 3.63) is 23.8 Å². The number of ether oxygens (including phenoxy) is 3. The maximum atomic E-state index is 11.2. The number of rotatable bonds is 5. The van der Waals surface area contributed by atoms with Crippen LogP contribution in [0.5, 0.6) is 17.2 Å². The van der Waals surface area contributed by atoms with Crippen molar-refractivity contribution in [1.82, 2.24) is 0 Å². The monoisotopic (exact) mass is 322 g/mol. The van der Waals surface area contributed by atoms with Crippen LogP contribution in [0.2, 0.25) is 0 Å². The van der Waals surface area contributed by atoms with Crippen molar-refractivity contribution in [2.24, 2.45) is 0 Å². The van der Waals surface area contributed by atoms with Crippen molar-refractivity contribution in [2.75, 3.05) is 0 Å². The van der Waals surface area contributed by atoms with Gasteiger partial charge in [0, 0.05) is 26.8 Å². The molecule has 0 atom stereocenters. The first-order valence-electron chi connectivity index (χ1n) is 6.33. The summed E-state index contributed by atoms with van der Waals surface area (Å²) in [6.07, 6.45) is 2.04. The number of carboxylic acid groups (broad SMARTS) is 1. The van der Waals surface area contributed by atoms with E-state index in [-0.39, 0.29) is 22.8 Å². The van der Waals surface area contributed by atoms with Gasteiger partial charge in [-0.3, -0.25) is 14.4 Å². The smallest absolute Gasteiger partial charge is 0.328 e. The van der Waals surface area contributed by atoms with Crippen LogP contribution in [-0.2, 0) is 19.2 Å². The van der Waals surface area contributed by atoms with Gasteiger partial charge in [-0.15, -0.1) is 0 Å². The fourth-order valence-electron chi connectivity index (χ4n) is 1.57. The lowest BCUT2D eigenvalue weighted by Crippen LogP contribution is -2.10. The number of carbonyl (C=O) groups is 4. The average Bonchev–Trinajstić information content (AvgIpc) is 2.38. The third kappa shape index (κ3) is 6.00. The minimum Gasteiger partial charge on any atom is -0.478 e. The van der Waals surface area contributed by atoms with Crippen LogP contribution in [0.1, 0.15) is 26.3 Å². The van der Waals surface area contributed by atoms with Crippen LogP contribution < -0.4 is 14.2 Å². The molecule has 23 heavy (non-hydrogen) atoms. The summed E-state index contributed by atoms with van der Waals surface area (Å²) in [5.41, 5.74) is 0.260. The summed E-state index contributed by atoms with van der Waals surface area (Å²) < 4.78 is 14.8. The summed E-state index contributed by atoms with van der Waals surface area (Å²) in [6.45, 7) is 3.37. The molecule has 1 N–H and O–H groups in total. The Labute approximate surface area is 131 Å². The predicted octanol–water partition coefficient (Wildman–Crippen LogP) is 1.56. The van der Waals surface area contributed by atoms with Crippen molar-refractivity contribution in [3.8, 4) is 17.2 Å². The molecule has 0 aliphatic heterocycles. The van der Waals surface area contributed by atoms with E-state index in [0.29, 0.717) is 0 Å². The fourth-order valence-corrected chi connectivity index (χ4v) is 1.57. The average molecular weight is 322 g/mol. The van der Waals surface area contributed by atoms with E-state index in [9.17, 15) is 19.2 Å². The molecule has 0 aliphatic carbocycles. The normalized spacial score (nSPS) is 10.2. The first-order chi connectivity index (χ1) is 10.7. The highest BCUT2D eigenvalue weighted by Gasteiger charge is 2.19. The van der Waals surface area contributed by atoms with Crippen LogP contribution in [0, 0.1) is 0 Å². The molecule has 0 saturated carbocycles. The summed E-state index contributed by atoms with van der Waals surface area (Å²) in [4.78, 5) is 44.1. The molecule has 0 amide bonds. The van der Waals surface area contributed by atoms with Gasteiger partial charge in [0.25, 0.3) is 0 Å². The summed E-state index contributed by atoms with van der Waals surface area (Å²) >= 11 is 0. The van der Waals surface area contributed by atoms with Crippen LogP contribution >= 0.6 is 0 Å². The Hall–Kier alpha value is -3.16. The molecule has 8 heteroatoms. The van der Waals surface area contributed by atoms with E-state index in [2.05, 4.69) is 0 Å². The van der Waals surface area contributed by atoms with Crippen molar-refractivity contribution in [2.45, 2.75) is 20.8 Å². The highest BCUT2D eigenvalue weighted by atomic mass is 16.6. The van der Waals surface area contributed by atoms with Crippen LogP contribution in [0.15, 0.2) is 18.2 Å². The summed E-state index contributed by atoms with van der Waals surface area (Å²) in [5.74, 6) is -3.95. The predicted molar refractivity (Wildman–Crippen MR) is 77.0 cm³/mol. The second-order valence-corrected chi connectivity index (χ2v) is 4.30. The molecule has 0 unspecified atom stereocenters. The Morgan fingerprint density at radius 3 is 1.65 bits per heavy atom. The number of benzene rings is 1. The maximum absolute atomic E-state index is 11.2. The molecule has 0 fully saturated rings. The molecule has 0 aromatic heterocycles. The quantitative estimate of drug-likeness (QED) is 0.493. The van der Waals surface area contributed by atoms with Gasteiger partial charge in [0.15, 0.2) is 11.5 Å². The van der Waals surface area contributed by atoms with Crippen molar-refractivity contribution in [3.63, 3.8) is 0 Å². The molecule has 1 aromatic carbocycles. The van der Waals surface area contributed by atoms with Crippen molar-refractivity contribution in [1.29, 1.82) is 0 Å². The molecule has 0 spiro atoms. The van der Waals surface area contributed by atoms with E-state index in [1.807, 2.05) is 0 Å². The van der Waals surface area contributed by atoms with Gasteiger partial charge < -0.3 is 19.3 Å². The minimum atomic E-state index is -1.20. The molecule has 1 rings (SSSR count). The SMILES string of the molecule is CC(=O)Oc1cc(/C=C\C(=O)O)cc(OC(C)=O)c1OC(C)=O. The summed E-state index contributed by atoms with van der Waals surface area (Å²) in [5, 5.41) is 8.65. The molecule has 0 saturated heterocycles. The molecular weight excluding hydrogens is 308 g/mol. The Kier molecular flexibility index (Phi) is 6.02. The zero-order chi connectivity index (χ0) is 17.6. The minimum absolute atomic E-state index is 0.184. The van der Waals surface area contributed by atoms with Gasteiger partial charge in [0.05, 0.1) is 0 Å². The van der Waals surface area contributed by atoms with Crippen molar-refractivity contribution >= 4 is 30.0 Å². The van der Waals surface area contributed by atoms with Crippen molar-refractivity contribution < 1.29 is 38.5 Å². The Balaban J connectivity index is 3.48. The number of aliphatic carboxylic acids is 1. The molecule has 0 bridgehead atoms. The zero-order valence-electron chi connectivity index (χ0n) is 12.6. The van der Waals surface area contributed by atoms with E-state index in [4.69, 9.17) is 19.3 Å². The lowest BCUT2D eigenvalue weighted by atomic mass is 10.1. The second-order valence-electron chi connectivity index (χ2n) is 4.30. The lowest BCUT2D eigenvalue weighted by Gasteiger charge is -2.14. The van der Waals surface area contributed by atoms with Gasteiger partial charge in [-0.2, -0.15) is 0 Å². The second kappa shape index (κ2) is 7.74. The number of carbonyl (C=O) groups excluding carboxylic acids is 3. The van der Waals surface area contributed by atoms with Gasteiger partial charge in [0.2, 0.25) is 5.75 Å². The van der Waals surface area contributed by atoms with Crippen LogP contribution in [-0.4, -0.2) is 29.0 Å². The summed E-state index contributed by atoms with van der Waals surface area (Å²) in [7, 11) is 0. The van der Waals surface area contributed by atoms with E-state index in [0.717, 1.165) is 26.8 Å². The van der Waals surface area contributed by atoms with E-state index < -0.39 is 23.9 Å². The largest absolute Gasteiger partial charge is 0.478 e. The van der Waals surface area contributed by atoms with Gasteiger partial charge in [-0.25, -0.2) is 4.79 Å². The highest BCUT2D eigenvalue weighted by molar-refractivity contribution is 5.86. The molecule has 1 aromatic rings. The molecule has 0 heterocycles. The first-order valence-corrected chi connectivity index (χ1v) is 6.33. The topological polar surface area (TPSA) is 116 Å². The number of esters is 3. The van der Waals surface area contributed by atoms with Gasteiger partial charge in [-0.1, -0.05) is 0 Å². The Morgan fingerprint density at radius 1 is 0.870 bits per heavy atom. The van der Waals surface area contributed by atoms with E-state index >= 15 is 0 Å². The standard InChI is InChI=1S/C15H14O8/c1-8(16)21-12-6-11(4-5-14(19)20)7-13(22-9(2)17)15(12)23-10(3)18/h4-7H,1-3H3,(H,19,20)/b5-4-. The number of hydrogen-bond acceptors (Lipinski definition) is 7. The molecule has 0 radical (unpaired) electrons. The highest BCUT2D eigenvalue weighted by Crippen LogP contribution is 2.39. The van der Waals surface area contributed by atoms with Gasteiger partial charge in [0.1, 0.15) is 0 Å². The number of hydrogen-bond donors (Lipinski definition) is 1. The van der Waals surface area contributed by atoms with Gasteiger partial charge in [-0.05, 0) is 23.8 Å². The van der Waals surface area contributed by atoms with E-state index in [1.165, 1.54) is 18.2 Å².